The van der Waals surface area contributed by atoms with E-state index in [1.54, 1.807) is 12.1 Å². The van der Waals surface area contributed by atoms with Crippen molar-refractivity contribution in [3.63, 3.8) is 0 Å². The van der Waals surface area contributed by atoms with Crippen molar-refractivity contribution >= 4 is 16.8 Å². The van der Waals surface area contributed by atoms with Crippen molar-refractivity contribution in [1.82, 2.24) is 20.1 Å². The largest absolute Gasteiger partial charge is 0.351 e. The molecular weight excluding hydrogens is 319 g/mol. The normalized spacial score (nSPS) is 17.6. The number of benzene rings is 1. The fourth-order valence-electron chi connectivity index (χ4n) is 3.91. The summed E-state index contributed by atoms with van der Waals surface area (Å²) in [6.45, 7) is 1.25. The van der Waals surface area contributed by atoms with E-state index in [9.17, 15) is 9.18 Å². The average molecular weight is 338 g/mol. The van der Waals surface area contributed by atoms with E-state index >= 15 is 0 Å². The lowest BCUT2D eigenvalue weighted by Crippen LogP contribution is -2.36. The lowest BCUT2D eigenvalue weighted by Gasteiger charge is -2.30. The van der Waals surface area contributed by atoms with Crippen molar-refractivity contribution in [2.24, 2.45) is 0 Å². The van der Waals surface area contributed by atoms with E-state index in [4.69, 9.17) is 0 Å². The number of aromatic amines is 2. The Labute approximate surface area is 144 Å². The van der Waals surface area contributed by atoms with Gasteiger partial charge in [0.05, 0.1) is 5.69 Å². The van der Waals surface area contributed by atoms with Crippen LogP contribution in [-0.2, 0) is 13.0 Å². The highest BCUT2D eigenvalue weighted by molar-refractivity contribution is 5.98. The van der Waals surface area contributed by atoms with Gasteiger partial charge in [-0.3, -0.25) is 9.89 Å². The number of fused-ring (bicyclic) bond motifs is 2. The first-order valence-corrected chi connectivity index (χ1v) is 8.82. The predicted octanol–water partition coefficient (Wildman–Crippen LogP) is 3.50. The summed E-state index contributed by atoms with van der Waals surface area (Å²) in [5.74, 6) is 0.238. The highest BCUT2D eigenvalue weighted by Crippen LogP contribution is 2.39. The topological polar surface area (TPSA) is 64.8 Å². The number of hydrogen-bond donors (Lipinski definition) is 2. The number of carbonyl (C=O) groups is 1. The molecule has 0 bridgehead atoms. The minimum atomic E-state index is -0.295. The Kier molecular flexibility index (Phi) is 3.20. The molecule has 0 radical (unpaired) electrons. The van der Waals surface area contributed by atoms with E-state index < -0.39 is 0 Å². The number of halogens is 1. The zero-order chi connectivity index (χ0) is 17.0. The molecule has 0 unspecified atom stereocenters. The molecule has 2 N–H and O–H groups in total. The van der Waals surface area contributed by atoms with Crippen LogP contribution in [0.4, 0.5) is 4.39 Å². The lowest BCUT2D eigenvalue weighted by atomic mass is 9.81. The van der Waals surface area contributed by atoms with Gasteiger partial charge in [-0.1, -0.05) is 6.42 Å². The SMILES string of the molecule is O=C(c1cc2cc(F)ccc2[nH]1)N1CCc2n[nH]c(C3CCC3)c2C1. The maximum absolute atomic E-state index is 13.4. The van der Waals surface area contributed by atoms with Gasteiger partial charge in [-0.15, -0.1) is 0 Å². The van der Waals surface area contributed by atoms with Gasteiger partial charge in [0.15, 0.2) is 0 Å². The molecule has 2 aliphatic rings. The van der Waals surface area contributed by atoms with Gasteiger partial charge in [-0.05, 0) is 37.1 Å². The number of carbonyl (C=O) groups excluding carboxylic acids is 1. The maximum atomic E-state index is 13.4. The van der Waals surface area contributed by atoms with Crippen LogP contribution in [0.15, 0.2) is 24.3 Å². The zero-order valence-electron chi connectivity index (χ0n) is 13.8. The molecule has 1 aliphatic heterocycles. The maximum Gasteiger partial charge on any atom is 0.270 e. The lowest BCUT2D eigenvalue weighted by molar-refractivity contribution is 0.0728. The Morgan fingerprint density at radius 1 is 1.28 bits per heavy atom. The molecule has 128 valence electrons. The Balaban J connectivity index is 1.43. The number of nitrogens with zero attached hydrogens (tertiary/aromatic N) is 2. The molecule has 0 atom stereocenters. The summed E-state index contributed by atoms with van der Waals surface area (Å²) in [6, 6.07) is 6.25. The molecular formula is C19H19FN4O. The van der Waals surface area contributed by atoms with Gasteiger partial charge in [0.2, 0.25) is 0 Å². The number of aromatic nitrogens is 3. The fourth-order valence-corrected chi connectivity index (χ4v) is 3.91. The third-order valence-corrected chi connectivity index (χ3v) is 5.57. The first kappa shape index (κ1) is 14.7. The van der Waals surface area contributed by atoms with Crippen molar-refractivity contribution in [3.8, 4) is 0 Å². The van der Waals surface area contributed by atoms with Crippen molar-refractivity contribution in [2.75, 3.05) is 6.54 Å². The first-order valence-electron chi connectivity index (χ1n) is 8.82. The summed E-state index contributed by atoms with van der Waals surface area (Å²) in [5.41, 5.74) is 4.81. The summed E-state index contributed by atoms with van der Waals surface area (Å²) >= 11 is 0. The van der Waals surface area contributed by atoms with Crippen LogP contribution in [0.3, 0.4) is 0 Å². The van der Waals surface area contributed by atoms with Gasteiger partial charge >= 0.3 is 0 Å². The van der Waals surface area contributed by atoms with E-state index in [-0.39, 0.29) is 11.7 Å². The molecule has 1 aromatic carbocycles. The summed E-state index contributed by atoms with van der Waals surface area (Å²) in [6.07, 6.45) is 4.46. The smallest absolute Gasteiger partial charge is 0.270 e. The third-order valence-electron chi connectivity index (χ3n) is 5.57. The van der Waals surface area contributed by atoms with E-state index in [2.05, 4.69) is 15.2 Å². The molecule has 1 aliphatic carbocycles. The van der Waals surface area contributed by atoms with Gasteiger partial charge in [0, 0.05) is 47.6 Å². The number of amides is 1. The quantitative estimate of drug-likeness (QED) is 0.751. The highest BCUT2D eigenvalue weighted by Gasteiger charge is 2.31. The van der Waals surface area contributed by atoms with Gasteiger partial charge < -0.3 is 9.88 Å². The highest BCUT2D eigenvalue weighted by atomic mass is 19.1. The number of H-pyrrole nitrogens is 2. The van der Waals surface area contributed by atoms with E-state index in [1.807, 2.05) is 4.90 Å². The van der Waals surface area contributed by atoms with Crippen LogP contribution < -0.4 is 0 Å². The van der Waals surface area contributed by atoms with Crippen LogP contribution in [0.2, 0.25) is 0 Å². The Hall–Kier alpha value is -2.63. The zero-order valence-corrected chi connectivity index (χ0v) is 13.8. The molecule has 5 nitrogen and oxygen atoms in total. The molecule has 3 aromatic rings. The molecule has 0 saturated heterocycles. The molecule has 0 spiro atoms. The van der Waals surface area contributed by atoms with Crippen LogP contribution >= 0.6 is 0 Å². The van der Waals surface area contributed by atoms with Crippen molar-refractivity contribution < 1.29 is 9.18 Å². The molecule has 2 aromatic heterocycles. The van der Waals surface area contributed by atoms with E-state index in [0.29, 0.717) is 24.7 Å². The van der Waals surface area contributed by atoms with Crippen molar-refractivity contribution in [3.05, 3.63) is 52.7 Å². The second-order valence-electron chi connectivity index (χ2n) is 7.08. The molecule has 6 heteroatoms. The minimum Gasteiger partial charge on any atom is -0.351 e. The molecule has 5 rings (SSSR count). The molecule has 25 heavy (non-hydrogen) atoms. The van der Waals surface area contributed by atoms with Crippen LogP contribution in [-0.4, -0.2) is 32.5 Å². The average Bonchev–Trinajstić information content (AvgIpc) is 3.16. The number of nitrogens with one attached hydrogen (secondary N) is 2. The molecule has 1 amide bonds. The van der Waals surface area contributed by atoms with E-state index in [1.165, 1.54) is 42.7 Å². The third kappa shape index (κ3) is 2.35. The Bertz CT molecular complexity index is 969. The first-order chi connectivity index (χ1) is 12.2. The number of hydrogen-bond acceptors (Lipinski definition) is 2. The molecule has 3 heterocycles. The summed E-state index contributed by atoms with van der Waals surface area (Å²) in [7, 11) is 0. The van der Waals surface area contributed by atoms with E-state index in [0.717, 1.165) is 23.0 Å². The predicted molar refractivity (Wildman–Crippen MR) is 91.9 cm³/mol. The summed E-state index contributed by atoms with van der Waals surface area (Å²) < 4.78 is 13.4. The summed E-state index contributed by atoms with van der Waals surface area (Å²) in [4.78, 5) is 17.9. The van der Waals surface area contributed by atoms with Gasteiger partial charge in [0.25, 0.3) is 5.91 Å². The van der Waals surface area contributed by atoms with Gasteiger partial charge in [0.1, 0.15) is 11.5 Å². The second-order valence-corrected chi connectivity index (χ2v) is 7.08. The summed E-state index contributed by atoms with van der Waals surface area (Å²) in [5, 5.41) is 8.39. The van der Waals surface area contributed by atoms with Crippen LogP contribution in [0.5, 0.6) is 0 Å². The Morgan fingerprint density at radius 2 is 2.16 bits per heavy atom. The standard InChI is InChI=1S/C19H19FN4O/c20-13-4-5-15-12(8-13)9-17(21-15)19(25)24-7-6-16-14(10-24)18(23-22-16)11-2-1-3-11/h4-5,8-9,11,21H,1-3,6-7,10H2,(H,22,23). The van der Waals surface area contributed by atoms with Gasteiger partial charge in [-0.25, -0.2) is 4.39 Å². The van der Waals surface area contributed by atoms with Crippen LogP contribution in [0, 0.1) is 5.82 Å². The molecule has 1 saturated carbocycles. The van der Waals surface area contributed by atoms with Crippen molar-refractivity contribution in [2.45, 2.75) is 38.1 Å². The van der Waals surface area contributed by atoms with Crippen LogP contribution in [0.25, 0.3) is 10.9 Å². The Morgan fingerprint density at radius 3 is 2.96 bits per heavy atom. The second kappa shape index (κ2) is 5.44. The monoisotopic (exact) mass is 338 g/mol. The number of rotatable bonds is 2. The fraction of sp³-hybridized carbons (Fsp3) is 0.368. The van der Waals surface area contributed by atoms with Crippen molar-refractivity contribution in [1.29, 1.82) is 0 Å². The minimum absolute atomic E-state index is 0.0389. The van der Waals surface area contributed by atoms with Gasteiger partial charge in [-0.2, -0.15) is 5.10 Å². The molecule has 1 fully saturated rings. The van der Waals surface area contributed by atoms with Crippen LogP contribution in [0.1, 0.15) is 52.6 Å².